The zero-order valence-corrected chi connectivity index (χ0v) is 11.4. The standard InChI is InChI=1S/C15H15NO2S/c1-13-6-5-9-15(12-13)16-19(17,18)11-10-14-7-3-2-4-8-14/h2-12,16H,1H3. The van der Waals surface area contributed by atoms with Crippen molar-refractivity contribution in [1.82, 2.24) is 0 Å². The summed E-state index contributed by atoms with van der Waals surface area (Å²) in [5, 5.41) is 1.17. The highest BCUT2D eigenvalue weighted by Gasteiger charge is 2.05. The third-order valence-corrected chi connectivity index (χ3v) is 3.53. The minimum Gasteiger partial charge on any atom is -0.280 e. The van der Waals surface area contributed by atoms with Crippen molar-refractivity contribution < 1.29 is 8.42 Å². The lowest BCUT2D eigenvalue weighted by Crippen LogP contribution is -2.08. The number of anilines is 1. The Bertz CT molecular complexity index is 676. The lowest BCUT2D eigenvalue weighted by Gasteiger charge is -2.04. The van der Waals surface area contributed by atoms with E-state index < -0.39 is 10.0 Å². The second-order valence-electron chi connectivity index (χ2n) is 4.23. The first-order valence-corrected chi connectivity index (χ1v) is 7.42. The van der Waals surface area contributed by atoms with Gasteiger partial charge in [0.15, 0.2) is 0 Å². The van der Waals surface area contributed by atoms with E-state index in [4.69, 9.17) is 0 Å². The maximum absolute atomic E-state index is 11.9. The summed E-state index contributed by atoms with van der Waals surface area (Å²) in [4.78, 5) is 0. The molecule has 2 aromatic rings. The fourth-order valence-corrected chi connectivity index (χ4v) is 2.50. The number of hydrogen-bond donors (Lipinski definition) is 1. The van der Waals surface area contributed by atoms with E-state index in [1.54, 1.807) is 18.2 Å². The average Bonchev–Trinajstić information content (AvgIpc) is 2.37. The molecule has 0 radical (unpaired) electrons. The molecule has 0 fully saturated rings. The SMILES string of the molecule is Cc1cccc(NS(=O)(=O)C=Cc2ccccc2)c1. The number of hydrogen-bond acceptors (Lipinski definition) is 2. The summed E-state index contributed by atoms with van der Waals surface area (Å²) in [7, 11) is -3.48. The van der Waals surface area contributed by atoms with Crippen LogP contribution in [0.5, 0.6) is 0 Å². The van der Waals surface area contributed by atoms with Crippen LogP contribution in [-0.2, 0) is 10.0 Å². The highest BCUT2D eigenvalue weighted by molar-refractivity contribution is 7.95. The van der Waals surface area contributed by atoms with Crippen molar-refractivity contribution in [2.45, 2.75) is 6.92 Å². The molecule has 4 heteroatoms. The lowest BCUT2D eigenvalue weighted by atomic mass is 10.2. The molecule has 1 N–H and O–H groups in total. The molecule has 98 valence electrons. The third-order valence-electron chi connectivity index (χ3n) is 2.52. The van der Waals surface area contributed by atoms with Crippen molar-refractivity contribution in [3.8, 4) is 0 Å². The molecular formula is C15H15NO2S. The lowest BCUT2D eigenvalue weighted by molar-refractivity contribution is 0.609. The van der Waals surface area contributed by atoms with Crippen LogP contribution in [0.4, 0.5) is 5.69 Å². The van der Waals surface area contributed by atoms with Crippen molar-refractivity contribution in [2.24, 2.45) is 0 Å². The monoisotopic (exact) mass is 273 g/mol. The molecule has 0 aliphatic rings. The minimum atomic E-state index is -3.48. The van der Waals surface area contributed by atoms with Crippen molar-refractivity contribution in [1.29, 1.82) is 0 Å². The van der Waals surface area contributed by atoms with E-state index in [9.17, 15) is 8.42 Å². The maximum Gasteiger partial charge on any atom is 0.255 e. The normalized spacial score (nSPS) is 11.6. The molecular weight excluding hydrogens is 258 g/mol. The van der Waals surface area contributed by atoms with Gasteiger partial charge in [-0.1, -0.05) is 42.5 Å². The molecule has 0 aliphatic heterocycles. The Morgan fingerprint density at radius 2 is 1.74 bits per heavy atom. The van der Waals surface area contributed by atoms with Crippen molar-refractivity contribution in [2.75, 3.05) is 4.72 Å². The van der Waals surface area contributed by atoms with Gasteiger partial charge in [-0.15, -0.1) is 0 Å². The molecule has 0 spiro atoms. The summed E-state index contributed by atoms with van der Waals surface area (Å²) >= 11 is 0. The Morgan fingerprint density at radius 3 is 2.42 bits per heavy atom. The second kappa shape index (κ2) is 5.71. The Balaban J connectivity index is 2.13. The third kappa shape index (κ3) is 4.26. The molecule has 0 bridgehead atoms. The van der Waals surface area contributed by atoms with Crippen LogP contribution in [0.15, 0.2) is 60.0 Å². The summed E-state index contributed by atoms with van der Waals surface area (Å²) in [6, 6.07) is 16.5. The van der Waals surface area contributed by atoms with Crippen molar-refractivity contribution in [3.63, 3.8) is 0 Å². The molecule has 0 unspecified atom stereocenters. The van der Waals surface area contributed by atoms with E-state index in [1.807, 2.05) is 49.4 Å². The first-order valence-electron chi connectivity index (χ1n) is 5.88. The largest absolute Gasteiger partial charge is 0.280 e. The Kier molecular flexibility index (Phi) is 4.02. The van der Waals surface area contributed by atoms with Gasteiger partial charge in [-0.2, -0.15) is 0 Å². The van der Waals surface area contributed by atoms with Crippen molar-refractivity contribution >= 4 is 21.8 Å². The van der Waals surface area contributed by atoms with Gasteiger partial charge in [-0.25, -0.2) is 8.42 Å². The summed E-state index contributed by atoms with van der Waals surface area (Å²) in [5.74, 6) is 0. The molecule has 3 nitrogen and oxygen atoms in total. The Hall–Kier alpha value is -2.07. The van der Waals surface area contributed by atoms with E-state index in [0.29, 0.717) is 5.69 Å². The van der Waals surface area contributed by atoms with Gasteiger partial charge in [0.2, 0.25) is 0 Å². The molecule has 0 aliphatic carbocycles. The quantitative estimate of drug-likeness (QED) is 0.928. The van der Waals surface area contributed by atoms with E-state index in [-0.39, 0.29) is 0 Å². The van der Waals surface area contributed by atoms with Gasteiger partial charge in [0.05, 0.1) is 5.41 Å². The van der Waals surface area contributed by atoms with Crippen LogP contribution in [0.2, 0.25) is 0 Å². The highest BCUT2D eigenvalue weighted by Crippen LogP contribution is 2.12. The number of rotatable bonds is 4. The summed E-state index contributed by atoms with van der Waals surface area (Å²) < 4.78 is 26.3. The molecule has 2 rings (SSSR count). The van der Waals surface area contributed by atoms with Crippen LogP contribution < -0.4 is 4.72 Å². The predicted molar refractivity (Wildman–Crippen MR) is 79.2 cm³/mol. The van der Waals surface area contributed by atoms with Crippen LogP contribution in [0, 0.1) is 6.92 Å². The molecule has 0 saturated carbocycles. The number of nitrogens with one attached hydrogen (secondary N) is 1. The summed E-state index contributed by atoms with van der Waals surface area (Å²) in [6.07, 6.45) is 1.57. The van der Waals surface area contributed by atoms with Gasteiger partial charge in [0, 0.05) is 5.69 Å². The fourth-order valence-electron chi connectivity index (χ4n) is 1.64. The smallest absolute Gasteiger partial charge is 0.255 e. The first kappa shape index (κ1) is 13.4. The number of benzene rings is 2. The highest BCUT2D eigenvalue weighted by atomic mass is 32.2. The van der Waals surface area contributed by atoms with Gasteiger partial charge in [-0.05, 0) is 36.3 Å². The van der Waals surface area contributed by atoms with Gasteiger partial charge in [0.25, 0.3) is 10.0 Å². The minimum absolute atomic E-state index is 0.567. The van der Waals surface area contributed by atoms with Gasteiger partial charge in [0.1, 0.15) is 0 Å². The molecule has 0 heterocycles. The van der Waals surface area contributed by atoms with E-state index >= 15 is 0 Å². The van der Waals surface area contributed by atoms with E-state index in [1.165, 1.54) is 5.41 Å². The molecule has 19 heavy (non-hydrogen) atoms. The van der Waals surface area contributed by atoms with Crippen LogP contribution in [0.25, 0.3) is 6.08 Å². The summed E-state index contributed by atoms with van der Waals surface area (Å²) in [6.45, 7) is 1.91. The zero-order chi connectivity index (χ0) is 13.7. The second-order valence-corrected chi connectivity index (χ2v) is 5.80. The van der Waals surface area contributed by atoms with Crippen LogP contribution >= 0.6 is 0 Å². The summed E-state index contributed by atoms with van der Waals surface area (Å²) in [5.41, 5.74) is 2.42. The van der Waals surface area contributed by atoms with Crippen LogP contribution in [-0.4, -0.2) is 8.42 Å². The zero-order valence-electron chi connectivity index (χ0n) is 10.6. The Labute approximate surface area is 113 Å². The van der Waals surface area contributed by atoms with Crippen molar-refractivity contribution in [3.05, 3.63) is 71.1 Å². The first-order chi connectivity index (χ1) is 9.05. The fraction of sp³-hybridized carbons (Fsp3) is 0.0667. The van der Waals surface area contributed by atoms with Crippen LogP contribution in [0.3, 0.4) is 0 Å². The van der Waals surface area contributed by atoms with E-state index in [0.717, 1.165) is 11.1 Å². The Morgan fingerprint density at radius 1 is 1.00 bits per heavy atom. The maximum atomic E-state index is 11.9. The molecule has 0 saturated heterocycles. The predicted octanol–water partition coefficient (Wildman–Crippen LogP) is 3.41. The van der Waals surface area contributed by atoms with Crippen LogP contribution in [0.1, 0.15) is 11.1 Å². The topological polar surface area (TPSA) is 46.2 Å². The number of aryl methyl sites for hydroxylation is 1. The molecule has 0 amide bonds. The van der Waals surface area contributed by atoms with E-state index in [2.05, 4.69) is 4.72 Å². The number of sulfonamides is 1. The van der Waals surface area contributed by atoms with Gasteiger partial charge < -0.3 is 0 Å². The van der Waals surface area contributed by atoms with Gasteiger partial charge in [-0.3, -0.25) is 4.72 Å². The average molecular weight is 273 g/mol. The van der Waals surface area contributed by atoms with Gasteiger partial charge >= 0.3 is 0 Å². The molecule has 2 aromatic carbocycles. The molecule has 0 atom stereocenters. The molecule has 0 aromatic heterocycles.